The lowest BCUT2D eigenvalue weighted by Crippen LogP contribution is -2.10. The van der Waals surface area contributed by atoms with Gasteiger partial charge in [-0.1, -0.05) is 24.3 Å². The van der Waals surface area contributed by atoms with Crippen LogP contribution in [0.1, 0.15) is 5.56 Å². The Bertz CT molecular complexity index is 1470. The fraction of sp³-hybridized carbons (Fsp3) is 0.0870. The van der Waals surface area contributed by atoms with E-state index in [0.29, 0.717) is 29.1 Å². The Morgan fingerprint density at radius 1 is 1.09 bits per heavy atom. The second kappa shape index (κ2) is 7.86. The van der Waals surface area contributed by atoms with E-state index < -0.39 is 6.16 Å². The van der Waals surface area contributed by atoms with Crippen LogP contribution in [-0.4, -0.2) is 31.7 Å². The highest BCUT2D eigenvalue weighted by molar-refractivity contribution is 7.00. The zero-order valence-electron chi connectivity index (χ0n) is 17.0. The molecule has 0 unspecified atom stereocenters. The molecule has 3 aromatic carbocycles. The Morgan fingerprint density at radius 3 is 2.72 bits per heavy atom. The number of nitrogens with zero attached hydrogens (tertiary/aromatic N) is 3. The maximum Gasteiger partial charge on any atom is 0.512 e. The molecule has 5 aromatic rings. The number of anilines is 1. The van der Waals surface area contributed by atoms with E-state index in [1.54, 1.807) is 13.2 Å². The molecule has 0 spiro atoms. The normalized spacial score (nSPS) is 11.2. The number of hydrogen-bond acceptors (Lipinski definition) is 7. The van der Waals surface area contributed by atoms with Crippen LogP contribution in [0.5, 0.6) is 11.6 Å². The number of hydrogen-bond donors (Lipinski definition) is 2. The molecule has 0 saturated carbocycles. The molecular formula is C23H18N4O4S. The van der Waals surface area contributed by atoms with Crippen molar-refractivity contribution < 1.29 is 19.4 Å². The van der Waals surface area contributed by atoms with Crippen molar-refractivity contribution in [1.29, 1.82) is 0 Å². The number of benzene rings is 3. The van der Waals surface area contributed by atoms with Crippen molar-refractivity contribution >= 4 is 45.5 Å². The summed E-state index contributed by atoms with van der Waals surface area (Å²) in [5.74, 6) is 0.790. The number of carboxylic acid groups (broad SMARTS) is 1. The second-order valence-corrected chi connectivity index (χ2v) is 7.73. The Labute approximate surface area is 186 Å². The van der Waals surface area contributed by atoms with Crippen LogP contribution >= 0.6 is 11.7 Å². The van der Waals surface area contributed by atoms with Gasteiger partial charge in [-0.05, 0) is 42.0 Å². The van der Waals surface area contributed by atoms with Gasteiger partial charge in [0.15, 0.2) is 0 Å². The lowest BCUT2D eigenvalue weighted by Gasteiger charge is -2.12. The van der Waals surface area contributed by atoms with Gasteiger partial charge in [0.05, 0.1) is 36.5 Å². The van der Waals surface area contributed by atoms with Crippen LogP contribution in [0.25, 0.3) is 33.1 Å². The molecule has 32 heavy (non-hydrogen) atoms. The fourth-order valence-electron chi connectivity index (χ4n) is 3.91. The number of carbonyl (C=O) groups is 1. The van der Waals surface area contributed by atoms with Gasteiger partial charge in [-0.25, -0.2) is 4.79 Å². The summed E-state index contributed by atoms with van der Waals surface area (Å²) in [4.78, 5) is 11.7. The number of nitrogen functional groups attached to an aromatic ring is 1. The lowest BCUT2D eigenvalue weighted by atomic mass is 10.0. The minimum atomic E-state index is -1.41. The molecule has 2 heterocycles. The topological polar surface area (TPSA) is 112 Å². The van der Waals surface area contributed by atoms with Gasteiger partial charge in [0, 0.05) is 16.6 Å². The van der Waals surface area contributed by atoms with E-state index in [-0.39, 0.29) is 5.88 Å². The summed E-state index contributed by atoms with van der Waals surface area (Å²) in [5.41, 5.74) is 11.3. The van der Waals surface area contributed by atoms with Crippen molar-refractivity contribution in [3.05, 3.63) is 66.2 Å². The van der Waals surface area contributed by atoms with E-state index in [1.807, 2.05) is 59.2 Å². The first-order valence-electron chi connectivity index (χ1n) is 9.72. The Morgan fingerprint density at radius 2 is 1.91 bits per heavy atom. The first kappa shape index (κ1) is 19.8. The molecule has 0 radical (unpaired) electrons. The van der Waals surface area contributed by atoms with E-state index in [0.717, 1.165) is 39.2 Å². The van der Waals surface area contributed by atoms with Crippen LogP contribution in [0.4, 0.5) is 10.5 Å². The Balaban J connectivity index is 1.78. The molecule has 2 aromatic heterocycles. The minimum Gasteiger partial charge on any atom is -0.496 e. The summed E-state index contributed by atoms with van der Waals surface area (Å²) in [6.45, 7) is 0.367. The maximum atomic E-state index is 11.7. The highest BCUT2D eigenvalue weighted by atomic mass is 32.1. The van der Waals surface area contributed by atoms with Crippen LogP contribution in [0.15, 0.2) is 60.7 Å². The number of aromatic nitrogens is 3. The Hall–Kier alpha value is -4.11. The monoisotopic (exact) mass is 446 g/mol. The third-order valence-corrected chi connectivity index (χ3v) is 5.82. The molecule has 0 fully saturated rings. The summed E-state index contributed by atoms with van der Waals surface area (Å²) in [7, 11) is 1.57. The van der Waals surface area contributed by atoms with Crippen LogP contribution in [-0.2, 0) is 6.54 Å². The number of methoxy groups -OCH3 is 1. The zero-order chi connectivity index (χ0) is 22.2. The van der Waals surface area contributed by atoms with E-state index >= 15 is 0 Å². The van der Waals surface area contributed by atoms with Gasteiger partial charge in [0.25, 0.3) is 0 Å². The van der Waals surface area contributed by atoms with Crippen molar-refractivity contribution in [2.75, 3.05) is 12.8 Å². The molecule has 0 aliphatic carbocycles. The minimum absolute atomic E-state index is 0.194. The second-order valence-electron chi connectivity index (χ2n) is 7.20. The van der Waals surface area contributed by atoms with E-state index in [4.69, 9.17) is 15.2 Å². The third kappa shape index (κ3) is 3.38. The first-order valence-corrected chi connectivity index (χ1v) is 10.5. The number of ether oxygens (including phenoxy) is 2. The third-order valence-electron chi connectivity index (χ3n) is 5.26. The zero-order valence-corrected chi connectivity index (χ0v) is 17.8. The highest BCUT2D eigenvalue weighted by Crippen LogP contribution is 2.44. The first-order chi connectivity index (χ1) is 15.5. The molecular weight excluding hydrogens is 428 g/mol. The smallest absolute Gasteiger partial charge is 0.496 e. The predicted octanol–water partition coefficient (Wildman–Crippen LogP) is 5.01. The van der Waals surface area contributed by atoms with E-state index in [1.165, 1.54) is 0 Å². The highest BCUT2D eigenvalue weighted by Gasteiger charge is 2.24. The molecule has 0 amide bonds. The average Bonchev–Trinajstić information content (AvgIpc) is 3.36. The summed E-state index contributed by atoms with van der Waals surface area (Å²) >= 11 is 1.15. The SMILES string of the molecule is COc1ccccc1-c1c(OC(=O)O)n(Cc2ccc3nsnc3c2)c2ccc(N)cc12. The van der Waals surface area contributed by atoms with Crippen LogP contribution in [0.2, 0.25) is 0 Å². The largest absolute Gasteiger partial charge is 0.512 e. The molecule has 5 rings (SSSR count). The summed E-state index contributed by atoms with van der Waals surface area (Å²) in [6.07, 6.45) is -1.41. The van der Waals surface area contributed by atoms with Gasteiger partial charge in [0.1, 0.15) is 16.8 Å². The molecule has 0 aliphatic rings. The van der Waals surface area contributed by atoms with Crippen LogP contribution in [0.3, 0.4) is 0 Å². The quantitative estimate of drug-likeness (QED) is 0.288. The van der Waals surface area contributed by atoms with Gasteiger partial charge in [-0.3, -0.25) is 0 Å². The van der Waals surface area contributed by atoms with Crippen molar-refractivity contribution in [2.45, 2.75) is 6.54 Å². The van der Waals surface area contributed by atoms with Gasteiger partial charge in [-0.2, -0.15) is 8.75 Å². The van der Waals surface area contributed by atoms with Gasteiger partial charge < -0.3 is 24.9 Å². The van der Waals surface area contributed by atoms with Crippen LogP contribution < -0.4 is 15.2 Å². The molecule has 160 valence electrons. The molecule has 0 atom stereocenters. The van der Waals surface area contributed by atoms with Crippen molar-refractivity contribution in [1.82, 2.24) is 13.3 Å². The number of fused-ring (bicyclic) bond motifs is 2. The fourth-order valence-corrected chi connectivity index (χ4v) is 4.43. The summed E-state index contributed by atoms with van der Waals surface area (Å²) < 4.78 is 21.3. The predicted molar refractivity (Wildman–Crippen MR) is 124 cm³/mol. The van der Waals surface area contributed by atoms with Gasteiger partial charge in [0.2, 0.25) is 5.88 Å². The number of rotatable bonds is 5. The standard InChI is InChI=1S/C23H18N4O4S/c1-30-20-5-3-2-4-15(20)21-16-11-14(24)7-9-19(16)27(22(21)31-23(28)29)12-13-6-8-17-18(10-13)26-32-25-17/h2-11H,12,24H2,1H3,(H,28,29). The van der Waals surface area contributed by atoms with Gasteiger partial charge >= 0.3 is 6.16 Å². The molecule has 3 N–H and O–H groups in total. The Kier molecular flexibility index (Phi) is 4.87. The lowest BCUT2D eigenvalue weighted by molar-refractivity contribution is 0.141. The van der Waals surface area contributed by atoms with Crippen molar-refractivity contribution in [3.63, 3.8) is 0 Å². The number of nitrogens with two attached hydrogens (primary N) is 1. The maximum absolute atomic E-state index is 11.7. The molecule has 8 nitrogen and oxygen atoms in total. The van der Waals surface area contributed by atoms with Crippen LogP contribution in [0, 0.1) is 0 Å². The molecule has 9 heteroatoms. The van der Waals surface area contributed by atoms with E-state index in [2.05, 4.69) is 8.75 Å². The summed E-state index contributed by atoms with van der Waals surface area (Å²) in [5, 5.41) is 10.3. The molecule has 0 saturated heterocycles. The average molecular weight is 446 g/mol. The molecule has 0 bridgehead atoms. The summed E-state index contributed by atoms with van der Waals surface area (Å²) in [6, 6.07) is 18.6. The van der Waals surface area contributed by atoms with E-state index in [9.17, 15) is 9.90 Å². The van der Waals surface area contributed by atoms with Crippen molar-refractivity contribution in [2.24, 2.45) is 0 Å². The van der Waals surface area contributed by atoms with Gasteiger partial charge in [-0.15, -0.1) is 0 Å². The van der Waals surface area contributed by atoms with Crippen molar-refractivity contribution in [3.8, 4) is 22.8 Å². The number of para-hydroxylation sites is 1. The molecule has 0 aliphatic heterocycles.